The number of fused-ring (bicyclic) bond motifs is 1. The van der Waals surface area contributed by atoms with E-state index in [0.29, 0.717) is 11.4 Å². The summed E-state index contributed by atoms with van der Waals surface area (Å²) in [5.41, 5.74) is -0.0302. The molecule has 0 spiro atoms. The van der Waals surface area contributed by atoms with E-state index in [9.17, 15) is 10.1 Å². The minimum atomic E-state index is -0.604. The minimum Gasteiger partial charge on any atom is -0.433 e. The van der Waals surface area contributed by atoms with Crippen LogP contribution in [0.5, 0.6) is 11.6 Å². The lowest BCUT2D eigenvalue weighted by molar-refractivity contribution is -0.385. The molecule has 2 heterocycles. The topological polar surface area (TPSA) is 103 Å². The first kappa shape index (κ1) is 17.6. The van der Waals surface area contributed by atoms with Gasteiger partial charge in [-0.25, -0.2) is 9.97 Å². The fourth-order valence-corrected chi connectivity index (χ4v) is 2.86. The van der Waals surface area contributed by atoms with Crippen LogP contribution in [0, 0.1) is 10.1 Å². The molecular weight excluding hydrogens is 382 g/mol. The van der Waals surface area contributed by atoms with Crippen molar-refractivity contribution in [2.75, 3.05) is 5.32 Å². The Labute approximate surface area is 164 Å². The molecule has 0 saturated carbocycles. The SMILES string of the molecule is O=[N+]([O-])c1c(Nc2cccnc2Cl)ncnc1Oc1cccc2ccccc12. The van der Waals surface area contributed by atoms with Crippen LogP contribution in [0.2, 0.25) is 5.15 Å². The first-order valence-corrected chi connectivity index (χ1v) is 8.54. The van der Waals surface area contributed by atoms with Gasteiger partial charge in [-0.2, -0.15) is 4.98 Å². The van der Waals surface area contributed by atoms with Crippen molar-refractivity contribution >= 4 is 39.6 Å². The van der Waals surface area contributed by atoms with Crippen molar-refractivity contribution in [3.63, 3.8) is 0 Å². The van der Waals surface area contributed by atoms with E-state index < -0.39 is 10.6 Å². The standard InChI is InChI=1S/C19H12ClN5O3/c20-17-14(8-4-10-21-17)24-18-16(25(26)27)19(23-11-22-18)28-15-9-3-6-12-5-1-2-7-13(12)15/h1-11H,(H,22,23,24). The Morgan fingerprint density at radius 3 is 2.64 bits per heavy atom. The number of nitrogens with one attached hydrogen (secondary N) is 1. The summed E-state index contributed by atoms with van der Waals surface area (Å²) < 4.78 is 5.81. The van der Waals surface area contributed by atoms with E-state index in [1.54, 1.807) is 24.3 Å². The van der Waals surface area contributed by atoms with Crippen LogP contribution in [0.3, 0.4) is 0 Å². The van der Waals surface area contributed by atoms with Crippen molar-refractivity contribution in [3.05, 3.63) is 82.4 Å². The number of hydrogen-bond acceptors (Lipinski definition) is 7. The van der Waals surface area contributed by atoms with Crippen LogP contribution in [0.4, 0.5) is 17.2 Å². The third-order valence-corrected chi connectivity index (χ3v) is 4.24. The van der Waals surface area contributed by atoms with Crippen molar-refractivity contribution in [1.82, 2.24) is 15.0 Å². The highest BCUT2D eigenvalue weighted by Crippen LogP contribution is 2.38. The molecule has 0 amide bonds. The number of pyridine rings is 1. The largest absolute Gasteiger partial charge is 0.433 e. The molecule has 0 bridgehead atoms. The molecule has 8 nitrogen and oxygen atoms in total. The number of ether oxygens (including phenoxy) is 1. The van der Waals surface area contributed by atoms with E-state index in [-0.39, 0.29) is 16.9 Å². The fraction of sp³-hybridized carbons (Fsp3) is 0. The molecule has 0 unspecified atom stereocenters. The van der Waals surface area contributed by atoms with E-state index >= 15 is 0 Å². The summed E-state index contributed by atoms with van der Waals surface area (Å²) in [6.45, 7) is 0. The van der Waals surface area contributed by atoms with Crippen molar-refractivity contribution in [1.29, 1.82) is 0 Å². The number of nitrogens with zero attached hydrogens (tertiary/aromatic N) is 4. The highest BCUT2D eigenvalue weighted by molar-refractivity contribution is 6.32. The smallest absolute Gasteiger partial charge is 0.373 e. The second-order valence-electron chi connectivity index (χ2n) is 5.68. The lowest BCUT2D eigenvalue weighted by Crippen LogP contribution is -2.04. The van der Waals surface area contributed by atoms with Gasteiger partial charge < -0.3 is 10.1 Å². The van der Waals surface area contributed by atoms with Crippen LogP contribution >= 0.6 is 11.6 Å². The maximum atomic E-state index is 11.7. The zero-order valence-corrected chi connectivity index (χ0v) is 15.0. The van der Waals surface area contributed by atoms with Crippen molar-refractivity contribution < 1.29 is 9.66 Å². The van der Waals surface area contributed by atoms with Crippen LogP contribution < -0.4 is 10.1 Å². The molecule has 138 valence electrons. The zero-order chi connectivity index (χ0) is 19.5. The molecule has 0 atom stereocenters. The summed E-state index contributed by atoms with van der Waals surface area (Å²) in [6, 6.07) is 16.3. The number of hydrogen-bond donors (Lipinski definition) is 1. The third kappa shape index (κ3) is 3.40. The molecule has 1 N–H and O–H groups in total. The Kier molecular flexibility index (Phi) is 4.69. The highest BCUT2D eigenvalue weighted by Gasteiger charge is 2.26. The average molecular weight is 394 g/mol. The second-order valence-corrected chi connectivity index (χ2v) is 6.04. The Balaban J connectivity index is 1.77. The van der Waals surface area contributed by atoms with Gasteiger partial charge in [0.05, 0.1) is 10.6 Å². The number of nitro groups is 1. The van der Waals surface area contributed by atoms with Crippen LogP contribution in [0.1, 0.15) is 0 Å². The number of benzene rings is 2. The first-order valence-electron chi connectivity index (χ1n) is 8.16. The molecule has 2 aromatic heterocycles. The summed E-state index contributed by atoms with van der Waals surface area (Å²) in [7, 11) is 0. The van der Waals surface area contributed by atoms with Gasteiger partial charge in [0, 0.05) is 11.6 Å². The van der Waals surface area contributed by atoms with E-state index in [4.69, 9.17) is 16.3 Å². The lowest BCUT2D eigenvalue weighted by atomic mass is 10.1. The minimum absolute atomic E-state index is 0.0508. The molecule has 0 aliphatic rings. The Hall–Kier alpha value is -3.78. The molecule has 9 heteroatoms. The lowest BCUT2D eigenvalue weighted by Gasteiger charge is -2.11. The van der Waals surface area contributed by atoms with Crippen molar-refractivity contribution in [2.45, 2.75) is 0 Å². The van der Waals surface area contributed by atoms with E-state index in [1.807, 2.05) is 30.3 Å². The number of halogens is 1. The zero-order valence-electron chi connectivity index (χ0n) is 14.2. The Morgan fingerprint density at radius 2 is 1.82 bits per heavy atom. The molecule has 4 rings (SSSR count). The average Bonchev–Trinajstić information content (AvgIpc) is 2.70. The molecule has 0 fully saturated rings. The van der Waals surface area contributed by atoms with Crippen LogP contribution in [0.25, 0.3) is 10.8 Å². The van der Waals surface area contributed by atoms with Gasteiger partial charge in [0.1, 0.15) is 12.1 Å². The van der Waals surface area contributed by atoms with E-state index in [0.717, 1.165) is 10.8 Å². The van der Waals surface area contributed by atoms with Gasteiger partial charge in [0.2, 0.25) is 5.82 Å². The van der Waals surface area contributed by atoms with Gasteiger partial charge in [0.15, 0.2) is 5.15 Å². The molecule has 4 aromatic rings. The predicted molar refractivity (Wildman–Crippen MR) is 105 cm³/mol. The maximum Gasteiger partial charge on any atom is 0.373 e. The van der Waals surface area contributed by atoms with Gasteiger partial charge in [-0.15, -0.1) is 0 Å². The van der Waals surface area contributed by atoms with Gasteiger partial charge in [-0.3, -0.25) is 10.1 Å². The monoisotopic (exact) mass is 393 g/mol. The van der Waals surface area contributed by atoms with Crippen LogP contribution in [-0.4, -0.2) is 19.9 Å². The van der Waals surface area contributed by atoms with Crippen LogP contribution in [0.15, 0.2) is 67.1 Å². The summed E-state index contributed by atoms with van der Waals surface area (Å²) in [5, 5.41) is 16.5. The van der Waals surface area contributed by atoms with Crippen LogP contribution in [-0.2, 0) is 0 Å². The first-order chi connectivity index (χ1) is 13.6. The molecule has 0 aliphatic carbocycles. The van der Waals surface area contributed by atoms with Gasteiger partial charge in [-0.1, -0.05) is 48.0 Å². The fourth-order valence-electron chi connectivity index (χ4n) is 2.69. The van der Waals surface area contributed by atoms with E-state index in [1.165, 1.54) is 12.5 Å². The molecule has 2 aromatic carbocycles. The molecule has 28 heavy (non-hydrogen) atoms. The summed E-state index contributed by atoms with van der Waals surface area (Å²) in [4.78, 5) is 23.0. The number of aromatic nitrogens is 3. The third-order valence-electron chi connectivity index (χ3n) is 3.94. The van der Waals surface area contributed by atoms with Crippen molar-refractivity contribution in [2.24, 2.45) is 0 Å². The molecule has 0 saturated heterocycles. The Bertz CT molecular complexity index is 1180. The Morgan fingerprint density at radius 1 is 1.00 bits per heavy atom. The number of rotatable bonds is 5. The molecule has 0 radical (unpaired) electrons. The van der Waals surface area contributed by atoms with Gasteiger partial charge >= 0.3 is 11.6 Å². The number of anilines is 2. The summed E-state index contributed by atoms with van der Waals surface area (Å²) in [5.74, 6) is 0.217. The van der Waals surface area contributed by atoms with Crippen molar-refractivity contribution in [3.8, 4) is 11.6 Å². The molecular formula is C19H12ClN5O3. The highest BCUT2D eigenvalue weighted by atomic mass is 35.5. The summed E-state index contributed by atoms with van der Waals surface area (Å²) in [6.07, 6.45) is 2.69. The quantitative estimate of drug-likeness (QED) is 0.285. The maximum absolute atomic E-state index is 11.7. The van der Waals surface area contributed by atoms with Gasteiger partial charge in [-0.05, 0) is 23.6 Å². The normalized spacial score (nSPS) is 10.6. The second kappa shape index (κ2) is 7.45. The summed E-state index contributed by atoms with van der Waals surface area (Å²) >= 11 is 6.02. The molecule has 0 aliphatic heterocycles. The van der Waals surface area contributed by atoms with E-state index in [2.05, 4.69) is 20.3 Å². The van der Waals surface area contributed by atoms with Gasteiger partial charge in [0.25, 0.3) is 0 Å². The predicted octanol–water partition coefficient (Wildman–Crippen LogP) is 5.12.